The topological polar surface area (TPSA) is 0 Å². The standard InChI is InChI=1S/C18H33/c1-3-5-7-9-11-13-15-17-18-16-14-12-10-8-6-4-2/h3-6H,1,7-18H2,2H3. The zero-order chi connectivity index (χ0) is 13.3. The largest absolute Gasteiger partial charge is 0.0917 e. The quantitative estimate of drug-likeness (QED) is 0.254. The van der Waals surface area contributed by atoms with Crippen LogP contribution in [0.15, 0.2) is 24.3 Å². The third-order valence-electron chi connectivity index (χ3n) is 3.39. The Labute approximate surface area is 116 Å². The average Bonchev–Trinajstić information content (AvgIpc) is 2.39. The van der Waals surface area contributed by atoms with Crippen LogP contribution in [0.25, 0.3) is 0 Å². The fourth-order valence-corrected chi connectivity index (χ4v) is 2.22. The van der Waals surface area contributed by atoms with E-state index in [-0.39, 0.29) is 0 Å². The SMILES string of the molecule is [CH2]C=CCCCCCCCCCCCCC=CC. The first-order chi connectivity index (χ1) is 8.91. The zero-order valence-electron chi connectivity index (χ0n) is 12.5. The number of unbranched alkanes of at least 4 members (excludes halogenated alkanes) is 11. The molecule has 0 saturated heterocycles. The fourth-order valence-electron chi connectivity index (χ4n) is 2.22. The van der Waals surface area contributed by atoms with Crippen LogP contribution in [0.1, 0.15) is 84.0 Å². The van der Waals surface area contributed by atoms with Gasteiger partial charge in [0.15, 0.2) is 0 Å². The van der Waals surface area contributed by atoms with Crippen LogP contribution >= 0.6 is 0 Å². The third-order valence-corrected chi connectivity index (χ3v) is 3.39. The van der Waals surface area contributed by atoms with Crippen molar-refractivity contribution in [3.63, 3.8) is 0 Å². The van der Waals surface area contributed by atoms with Gasteiger partial charge in [-0.25, -0.2) is 0 Å². The molecule has 0 bridgehead atoms. The minimum Gasteiger partial charge on any atom is -0.0917 e. The monoisotopic (exact) mass is 249 g/mol. The molecule has 0 heterocycles. The minimum atomic E-state index is 1.22. The second-order valence-electron chi connectivity index (χ2n) is 5.15. The first kappa shape index (κ1) is 17.5. The Bertz CT molecular complexity index is 166. The summed E-state index contributed by atoms with van der Waals surface area (Å²) in [6.45, 7) is 5.81. The van der Waals surface area contributed by atoms with Gasteiger partial charge >= 0.3 is 0 Å². The van der Waals surface area contributed by atoms with Crippen molar-refractivity contribution in [2.24, 2.45) is 0 Å². The summed E-state index contributed by atoms with van der Waals surface area (Å²) in [6, 6.07) is 0. The van der Waals surface area contributed by atoms with Gasteiger partial charge in [0.05, 0.1) is 0 Å². The first-order valence-electron chi connectivity index (χ1n) is 7.97. The highest BCUT2D eigenvalue weighted by Gasteiger charge is 1.92. The van der Waals surface area contributed by atoms with Crippen LogP contribution in [0.2, 0.25) is 0 Å². The van der Waals surface area contributed by atoms with Gasteiger partial charge in [0, 0.05) is 0 Å². The van der Waals surface area contributed by atoms with E-state index in [1.54, 1.807) is 0 Å². The van der Waals surface area contributed by atoms with Crippen molar-refractivity contribution >= 4 is 0 Å². The van der Waals surface area contributed by atoms with Gasteiger partial charge in [0.2, 0.25) is 0 Å². The van der Waals surface area contributed by atoms with Gasteiger partial charge in [0.1, 0.15) is 0 Å². The molecule has 0 saturated carbocycles. The summed E-state index contributed by atoms with van der Waals surface area (Å²) < 4.78 is 0. The van der Waals surface area contributed by atoms with Crippen molar-refractivity contribution in [1.29, 1.82) is 0 Å². The molecule has 0 nitrogen and oxygen atoms in total. The zero-order valence-corrected chi connectivity index (χ0v) is 12.5. The molecule has 0 heteroatoms. The van der Waals surface area contributed by atoms with Gasteiger partial charge in [-0.05, 0) is 39.5 Å². The minimum absolute atomic E-state index is 1.22. The molecule has 18 heavy (non-hydrogen) atoms. The molecular formula is C18H33. The highest BCUT2D eigenvalue weighted by atomic mass is 14.0. The van der Waals surface area contributed by atoms with Crippen LogP contribution in [0.4, 0.5) is 0 Å². The molecule has 0 aliphatic carbocycles. The van der Waals surface area contributed by atoms with Gasteiger partial charge in [-0.15, -0.1) is 0 Å². The van der Waals surface area contributed by atoms with Crippen LogP contribution < -0.4 is 0 Å². The van der Waals surface area contributed by atoms with Crippen molar-refractivity contribution in [3.05, 3.63) is 31.2 Å². The normalized spacial score (nSPS) is 11.9. The Hall–Kier alpha value is -0.520. The van der Waals surface area contributed by atoms with Crippen LogP contribution in [0.3, 0.4) is 0 Å². The lowest BCUT2D eigenvalue weighted by Crippen LogP contribution is -1.82. The molecule has 0 amide bonds. The summed E-state index contributed by atoms with van der Waals surface area (Å²) in [7, 11) is 0. The van der Waals surface area contributed by atoms with Crippen molar-refractivity contribution in [3.8, 4) is 0 Å². The van der Waals surface area contributed by atoms with E-state index >= 15 is 0 Å². The molecule has 0 aromatic rings. The lowest BCUT2D eigenvalue weighted by molar-refractivity contribution is 0.553. The number of hydrogen-bond acceptors (Lipinski definition) is 0. The Kier molecular flexibility index (Phi) is 16.0. The summed E-state index contributed by atoms with van der Waals surface area (Å²) in [5, 5.41) is 0. The molecule has 0 aromatic heterocycles. The van der Waals surface area contributed by atoms with Gasteiger partial charge in [-0.3, -0.25) is 0 Å². The molecule has 1 radical (unpaired) electrons. The first-order valence-corrected chi connectivity index (χ1v) is 7.97. The molecule has 0 rings (SSSR count). The van der Waals surface area contributed by atoms with Crippen LogP contribution in [-0.4, -0.2) is 0 Å². The second kappa shape index (κ2) is 16.5. The van der Waals surface area contributed by atoms with E-state index in [4.69, 9.17) is 0 Å². The maximum Gasteiger partial charge on any atom is -0.0316 e. The lowest BCUT2D eigenvalue weighted by atomic mass is 10.1. The van der Waals surface area contributed by atoms with Crippen molar-refractivity contribution in [1.82, 2.24) is 0 Å². The Morgan fingerprint density at radius 1 is 0.611 bits per heavy atom. The highest BCUT2D eigenvalue weighted by Crippen LogP contribution is 2.12. The Morgan fingerprint density at radius 2 is 1.00 bits per heavy atom. The molecule has 0 unspecified atom stereocenters. The Balaban J connectivity index is 2.94. The fraction of sp³-hybridized carbons (Fsp3) is 0.722. The van der Waals surface area contributed by atoms with Crippen LogP contribution in [0.5, 0.6) is 0 Å². The lowest BCUT2D eigenvalue weighted by Gasteiger charge is -2.01. The number of allylic oxidation sites excluding steroid dienone is 4. The summed E-state index contributed by atoms with van der Waals surface area (Å²) in [6.07, 6.45) is 25.2. The maximum absolute atomic E-state index is 3.70. The van der Waals surface area contributed by atoms with E-state index in [9.17, 15) is 0 Å². The molecule has 0 aliphatic heterocycles. The summed E-state index contributed by atoms with van der Waals surface area (Å²) in [4.78, 5) is 0. The van der Waals surface area contributed by atoms with E-state index < -0.39 is 0 Å². The number of rotatable bonds is 13. The second-order valence-corrected chi connectivity index (χ2v) is 5.15. The van der Waals surface area contributed by atoms with Crippen LogP contribution in [0, 0.1) is 6.92 Å². The van der Waals surface area contributed by atoms with Crippen molar-refractivity contribution < 1.29 is 0 Å². The predicted octanol–water partition coefficient (Wildman–Crippen LogP) is 6.63. The average molecular weight is 249 g/mol. The van der Waals surface area contributed by atoms with E-state index in [0.717, 1.165) is 0 Å². The van der Waals surface area contributed by atoms with Crippen LogP contribution in [-0.2, 0) is 0 Å². The smallest absolute Gasteiger partial charge is 0.0316 e. The molecule has 105 valence electrons. The molecule has 0 spiro atoms. The maximum atomic E-state index is 3.70. The molecule has 0 atom stereocenters. The number of hydrogen-bond donors (Lipinski definition) is 0. The van der Waals surface area contributed by atoms with E-state index in [1.807, 2.05) is 6.08 Å². The van der Waals surface area contributed by atoms with E-state index in [1.165, 1.54) is 77.0 Å². The van der Waals surface area contributed by atoms with E-state index in [0.29, 0.717) is 0 Å². The molecule has 0 aromatic carbocycles. The molecule has 0 aliphatic rings. The summed E-state index contributed by atoms with van der Waals surface area (Å²) in [5.74, 6) is 0. The van der Waals surface area contributed by atoms with Gasteiger partial charge in [-0.2, -0.15) is 0 Å². The molecule has 0 fully saturated rings. The van der Waals surface area contributed by atoms with Gasteiger partial charge in [-0.1, -0.05) is 75.7 Å². The predicted molar refractivity (Wildman–Crippen MR) is 84.7 cm³/mol. The van der Waals surface area contributed by atoms with Gasteiger partial charge < -0.3 is 0 Å². The van der Waals surface area contributed by atoms with E-state index in [2.05, 4.69) is 32.1 Å². The van der Waals surface area contributed by atoms with Crippen molar-refractivity contribution in [2.45, 2.75) is 84.0 Å². The third kappa shape index (κ3) is 15.5. The van der Waals surface area contributed by atoms with Crippen molar-refractivity contribution in [2.75, 3.05) is 0 Å². The summed E-state index contributed by atoms with van der Waals surface area (Å²) in [5.41, 5.74) is 0. The summed E-state index contributed by atoms with van der Waals surface area (Å²) >= 11 is 0. The van der Waals surface area contributed by atoms with Gasteiger partial charge in [0.25, 0.3) is 0 Å². The molecular weight excluding hydrogens is 216 g/mol. The highest BCUT2D eigenvalue weighted by molar-refractivity contribution is 4.83. The Morgan fingerprint density at radius 3 is 1.39 bits per heavy atom. The molecule has 0 N–H and O–H groups in total.